The van der Waals surface area contributed by atoms with Gasteiger partial charge in [0.2, 0.25) is 11.6 Å². The van der Waals surface area contributed by atoms with E-state index in [1.165, 1.54) is 37.7 Å². The molecule has 7 aliphatic rings. The molecule has 6 aliphatic carbocycles. The van der Waals surface area contributed by atoms with Crippen LogP contribution in [0.4, 0.5) is 4.79 Å². The number of nitrogens with one attached hydrogen (secondary N) is 1. The Morgan fingerprint density at radius 3 is 2.23 bits per heavy atom. The molecule has 0 radical (unpaired) electrons. The topological polar surface area (TPSA) is 92.3 Å². The highest BCUT2D eigenvalue weighted by Crippen LogP contribution is 2.64. The van der Waals surface area contributed by atoms with Gasteiger partial charge in [-0.25, -0.2) is 4.79 Å². The SMILES string of the molecule is CC(C)(C)OC(=O)NC1CCC(CC(=O)Oc2ccc([C@@H]3CCC[C@]4(C3)OOC3(O4)C4CC5CC(C4)CC3C5)cc2)CC1. The van der Waals surface area contributed by atoms with Crippen LogP contribution in [0.25, 0.3) is 0 Å². The Hall–Kier alpha value is -2.16. The molecule has 1 heterocycles. The van der Waals surface area contributed by atoms with Crippen molar-refractivity contribution in [2.75, 3.05) is 0 Å². The molecule has 1 aromatic rings. The number of carbonyl (C=O) groups is 2. The second-order valence-corrected chi connectivity index (χ2v) is 15.6. The summed E-state index contributed by atoms with van der Waals surface area (Å²) in [6.07, 6.45) is 13.6. The molecule has 7 fully saturated rings. The summed E-state index contributed by atoms with van der Waals surface area (Å²) in [7, 11) is 0. The Labute approximate surface area is 255 Å². The molecule has 1 aliphatic heterocycles. The summed E-state index contributed by atoms with van der Waals surface area (Å²) in [4.78, 5) is 37.3. The molecule has 8 rings (SSSR count). The number of hydrogen-bond acceptors (Lipinski definition) is 7. The molecule has 6 saturated carbocycles. The molecule has 8 nitrogen and oxygen atoms in total. The van der Waals surface area contributed by atoms with E-state index in [1.54, 1.807) is 0 Å². The average Bonchev–Trinajstić information content (AvgIpc) is 3.31. The summed E-state index contributed by atoms with van der Waals surface area (Å²) >= 11 is 0. The smallest absolute Gasteiger partial charge is 0.407 e. The predicted octanol–water partition coefficient (Wildman–Crippen LogP) is 7.55. The van der Waals surface area contributed by atoms with Crippen LogP contribution in [-0.4, -0.2) is 35.3 Å². The van der Waals surface area contributed by atoms with Crippen molar-refractivity contribution < 1.29 is 33.6 Å². The third-order valence-electron chi connectivity index (χ3n) is 11.2. The van der Waals surface area contributed by atoms with Crippen molar-refractivity contribution in [1.29, 1.82) is 0 Å². The number of hydrogen-bond donors (Lipinski definition) is 1. The van der Waals surface area contributed by atoms with Crippen LogP contribution in [0.3, 0.4) is 0 Å². The number of alkyl carbamates (subject to hydrolysis) is 1. The van der Waals surface area contributed by atoms with Crippen LogP contribution in [0, 0.1) is 29.6 Å². The van der Waals surface area contributed by atoms with Crippen molar-refractivity contribution in [2.24, 2.45) is 29.6 Å². The fourth-order valence-corrected chi connectivity index (χ4v) is 9.46. The standard InChI is InChI=1S/C35H49NO7/c1-33(2,3)40-32(38)36-29-10-6-22(7-11-29)20-31(37)39-30-12-8-25(9-13-30)26-5-4-14-34(21-26)41-35(43-42-34)27-16-23-15-24(18-27)19-28(35)17-23/h8-9,12-13,22-24,26-29H,4-7,10-11,14-21H2,1-3H3,(H,36,38)/t22?,23?,24?,26-,27?,28?,29?,34-,35?/m1/s1. The Bertz CT molecular complexity index is 1160. The van der Waals surface area contributed by atoms with Crippen LogP contribution in [-0.2, 0) is 24.0 Å². The van der Waals surface area contributed by atoms with Gasteiger partial charge in [-0.15, -0.1) is 0 Å². The summed E-state index contributed by atoms with van der Waals surface area (Å²) in [5, 5.41) is 2.96. The number of benzene rings is 1. The van der Waals surface area contributed by atoms with Crippen molar-refractivity contribution in [3.63, 3.8) is 0 Å². The highest BCUT2D eigenvalue weighted by molar-refractivity contribution is 5.72. The first-order valence-electron chi connectivity index (χ1n) is 16.9. The van der Waals surface area contributed by atoms with Gasteiger partial charge in [0.05, 0.1) is 0 Å². The van der Waals surface area contributed by atoms with Crippen LogP contribution in [0.2, 0.25) is 0 Å². The Kier molecular flexibility index (Phi) is 7.78. The normalized spacial score (nSPS) is 40.1. The molecule has 4 bridgehead atoms. The summed E-state index contributed by atoms with van der Waals surface area (Å²) in [6, 6.07) is 8.12. The van der Waals surface area contributed by atoms with Gasteiger partial charge in [0.1, 0.15) is 11.4 Å². The number of ether oxygens (including phenoxy) is 3. The minimum Gasteiger partial charge on any atom is -0.444 e. The Morgan fingerprint density at radius 2 is 1.58 bits per heavy atom. The molecule has 8 heteroatoms. The molecular formula is C35H49NO7. The van der Waals surface area contributed by atoms with Gasteiger partial charge in [0.25, 0.3) is 0 Å². The zero-order valence-corrected chi connectivity index (χ0v) is 26.1. The largest absolute Gasteiger partial charge is 0.444 e. The van der Waals surface area contributed by atoms with E-state index < -0.39 is 17.2 Å². The second kappa shape index (κ2) is 11.3. The van der Waals surface area contributed by atoms with Crippen molar-refractivity contribution in [3.05, 3.63) is 29.8 Å². The predicted molar refractivity (Wildman–Crippen MR) is 159 cm³/mol. The number of carbonyl (C=O) groups excluding carboxylic acids is 2. The molecule has 0 aromatic heterocycles. The van der Waals surface area contributed by atoms with Gasteiger partial charge in [-0.05, 0) is 133 Å². The minimum atomic E-state index is -0.648. The van der Waals surface area contributed by atoms with E-state index in [-0.39, 0.29) is 24.0 Å². The van der Waals surface area contributed by atoms with E-state index in [0.717, 1.165) is 63.2 Å². The molecule has 236 valence electrons. The highest BCUT2D eigenvalue weighted by atomic mass is 17.3. The maximum Gasteiger partial charge on any atom is 0.407 e. The van der Waals surface area contributed by atoms with E-state index in [4.69, 9.17) is 24.0 Å². The van der Waals surface area contributed by atoms with Crippen molar-refractivity contribution in [2.45, 2.75) is 140 Å². The van der Waals surface area contributed by atoms with E-state index in [1.807, 2.05) is 32.9 Å². The van der Waals surface area contributed by atoms with Gasteiger partial charge < -0.3 is 19.5 Å². The molecule has 0 unspecified atom stereocenters. The zero-order chi connectivity index (χ0) is 29.8. The third-order valence-corrected chi connectivity index (χ3v) is 11.2. The van der Waals surface area contributed by atoms with Crippen LogP contribution >= 0.6 is 0 Å². The molecule has 1 amide bonds. The van der Waals surface area contributed by atoms with Crippen LogP contribution in [0.15, 0.2) is 24.3 Å². The maximum absolute atomic E-state index is 12.7. The van der Waals surface area contributed by atoms with Crippen LogP contribution in [0.5, 0.6) is 5.75 Å². The van der Waals surface area contributed by atoms with Gasteiger partial charge in [-0.3, -0.25) is 4.79 Å². The quantitative estimate of drug-likeness (QED) is 0.213. The summed E-state index contributed by atoms with van der Waals surface area (Å²) in [5.74, 6) is 2.46. The van der Waals surface area contributed by atoms with Crippen molar-refractivity contribution >= 4 is 12.1 Å². The summed E-state index contributed by atoms with van der Waals surface area (Å²) in [6.45, 7) is 5.58. The lowest BCUT2D eigenvalue weighted by atomic mass is 9.53. The molecule has 2 atom stereocenters. The molecular weight excluding hydrogens is 546 g/mol. The first-order valence-corrected chi connectivity index (χ1v) is 16.9. The monoisotopic (exact) mass is 595 g/mol. The van der Waals surface area contributed by atoms with Crippen molar-refractivity contribution in [1.82, 2.24) is 5.32 Å². The number of esters is 1. The van der Waals surface area contributed by atoms with Crippen molar-refractivity contribution in [3.8, 4) is 5.75 Å². The zero-order valence-electron chi connectivity index (χ0n) is 26.1. The molecule has 2 spiro atoms. The van der Waals surface area contributed by atoms with E-state index in [0.29, 0.717) is 29.9 Å². The molecule has 43 heavy (non-hydrogen) atoms. The number of rotatable bonds is 5. The van der Waals surface area contributed by atoms with Gasteiger partial charge in [0, 0.05) is 37.1 Å². The van der Waals surface area contributed by atoms with Crippen LogP contribution in [0.1, 0.15) is 122 Å². The molecule has 1 aromatic carbocycles. The van der Waals surface area contributed by atoms with Gasteiger partial charge in [-0.2, -0.15) is 9.78 Å². The Balaban J connectivity index is 0.888. The summed E-state index contributed by atoms with van der Waals surface area (Å²) < 4.78 is 18.1. The second-order valence-electron chi connectivity index (χ2n) is 15.6. The fourth-order valence-electron chi connectivity index (χ4n) is 9.46. The number of amides is 1. The van der Waals surface area contributed by atoms with Gasteiger partial charge in [0.15, 0.2) is 0 Å². The van der Waals surface area contributed by atoms with E-state index >= 15 is 0 Å². The van der Waals surface area contributed by atoms with E-state index in [9.17, 15) is 9.59 Å². The first-order chi connectivity index (χ1) is 20.6. The van der Waals surface area contributed by atoms with E-state index in [2.05, 4.69) is 17.4 Å². The highest BCUT2D eigenvalue weighted by Gasteiger charge is 2.67. The minimum absolute atomic E-state index is 0.0959. The molecule has 1 saturated heterocycles. The van der Waals surface area contributed by atoms with Gasteiger partial charge in [-0.1, -0.05) is 12.1 Å². The first kappa shape index (κ1) is 29.5. The maximum atomic E-state index is 12.7. The Morgan fingerprint density at radius 1 is 0.907 bits per heavy atom. The lowest BCUT2D eigenvalue weighted by Crippen LogP contribution is -2.59. The molecule has 1 N–H and O–H groups in total. The third kappa shape index (κ3) is 6.21. The van der Waals surface area contributed by atoms with Gasteiger partial charge >= 0.3 is 12.1 Å². The van der Waals surface area contributed by atoms with Crippen LogP contribution < -0.4 is 10.1 Å². The average molecular weight is 596 g/mol. The fraction of sp³-hybridized carbons (Fsp3) is 0.771. The lowest BCUT2D eigenvalue weighted by Gasteiger charge is -2.57. The lowest BCUT2D eigenvalue weighted by molar-refractivity contribution is -0.390. The summed E-state index contributed by atoms with van der Waals surface area (Å²) in [5.41, 5.74) is 0.723.